The second-order valence-corrected chi connectivity index (χ2v) is 4.96. The van der Waals surface area contributed by atoms with E-state index in [0.717, 1.165) is 0 Å². The molecule has 0 saturated heterocycles. The van der Waals surface area contributed by atoms with Crippen molar-refractivity contribution in [3.63, 3.8) is 0 Å². The Morgan fingerprint density at radius 3 is 2.48 bits per heavy atom. The van der Waals surface area contributed by atoms with Gasteiger partial charge in [0.15, 0.2) is 11.5 Å². The topological polar surface area (TPSA) is 85.7 Å². The maximum Gasteiger partial charge on any atom is 0.337 e. The molecule has 5 nitrogen and oxygen atoms in total. The molecule has 0 amide bonds. The summed E-state index contributed by atoms with van der Waals surface area (Å²) < 4.78 is 10.2. The van der Waals surface area contributed by atoms with Crippen molar-refractivity contribution in [1.29, 1.82) is 0 Å². The molecule has 0 bridgehead atoms. The first kappa shape index (κ1) is 14.7. The van der Waals surface area contributed by atoms with Crippen molar-refractivity contribution >= 4 is 11.9 Å². The molecule has 0 unspecified atom stereocenters. The predicted molar refractivity (Wildman–Crippen MR) is 87.0 cm³/mol. The van der Waals surface area contributed by atoms with Gasteiger partial charge in [0, 0.05) is 5.56 Å². The lowest BCUT2D eigenvalue weighted by molar-refractivity contribution is 0.0601. The summed E-state index contributed by atoms with van der Waals surface area (Å²) in [5.74, 6) is -0.141. The van der Waals surface area contributed by atoms with Crippen molar-refractivity contribution in [3.8, 4) is 28.2 Å². The van der Waals surface area contributed by atoms with E-state index in [-0.39, 0.29) is 11.6 Å². The quantitative estimate of drug-likeness (QED) is 0.721. The van der Waals surface area contributed by atoms with E-state index in [9.17, 15) is 9.90 Å². The minimum Gasteiger partial charge on any atom is -0.504 e. The number of aromatic hydroxyl groups is 1. The van der Waals surface area contributed by atoms with E-state index >= 15 is 0 Å². The molecule has 0 spiro atoms. The third kappa shape index (κ3) is 2.64. The number of carbonyl (C=O) groups excluding carboxylic acids is 1. The van der Waals surface area contributed by atoms with Gasteiger partial charge in [-0.1, -0.05) is 42.5 Å². The summed E-state index contributed by atoms with van der Waals surface area (Å²) in [4.78, 5) is 11.7. The average Bonchev–Trinajstić information content (AvgIpc) is 2.89. The number of esters is 1. The lowest BCUT2D eigenvalue weighted by Gasteiger charge is -2.04. The zero-order chi connectivity index (χ0) is 16.4. The molecule has 2 aromatic carbocycles. The van der Waals surface area contributed by atoms with Crippen LogP contribution in [0.3, 0.4) is 0 Å². The monoisotopic (exact) mass is 309 g/mol. The van der Waals surface area contributed by atoms with Crippen LogP contribution in [0.4, 0.5) is 5.88 Å². The standard InChI is InChI=1S/C18H15NO4/c1-22-18(21)13-9-5-8-12(10-13)14-15(20)16(23-17(14)19)11-6-3-2-4-7-11/h2-10,20H,19H2,1H3. The summed E-state index contributed by atoms with van der Waals surface area (Å²) in [6.07, 6.45) is 0. The molecule has 3 N–H and O–H groups in total. The van der Waals surface area contributed by atoms with Crippen LogP contribution in [0.2, 0.25) is 0 Å². The third-order valence-electron chi connectivity index (χ3n) is 3.52. The van der Waals surface area contributed by atoms with Crippen molar-refractivity contribution < 1.29 is 19.1 Å². The van der Waals surface area contributed by atoms with Crippen LogP contribution in [0.25, 0.3) is 22.5 Å². The molecule has 0 radical (unpaired) electrons. The molecule has 1 heterocycles. The van der Waals surface area contributed by atoms with E-state index in [2.05, 4.69) is 0 Å². The number of benzene rings is 2. The fraction of sp³-hybridized carbons (Fsp3) is 0.0556. The van der Waals surface area contributed by atoms with Crippen LogP contribution >= 0.6 is 0 Å². The molecule has 23 heavy (non-hydrogen) atoms. The van der Waals surface area contributed by atoms with Gasteiger partial charge in [0.25, 0.3) is 0 Å². The number of methoxy groups -OCH3 is 1. The smallest absolute Gasteiger partial charge is 0.337 e. The summed E-state index contributed by atoms with van der Waals surface area (Å²) in [7, 11) is 1.31. The van der Waals surface area contributed by atoms with Gasteiger partial charge in [0.2, 0.25) is 5.88 Å². The molecule has 5 heteroatoms. The second-order valence-electron chi connectivity index (χ2n) is 4.96. The molecule has 116 valence electrons. The molecule has 1 aromatic heterocycles. The number of carbonyl (C=O) groups is 1. The van der Waals surface area contributed by atoms with Crippen LogP contribution < -0.4 is 5.73 Å². The zero-order valence-corrected chi connectivity index (χ0v) is 12.4. The number of anilines is 1. The molecule has 0 aliphatic carbocycles. The fourth-order valence-corrected chi connectivity index (χ4v) is 2.42. The Balaban J connectivity index is 2.11. The molecular formula is C18H15NO4. The maximum atomic E-state index is 11.7. The largest absolute Gasteiger partial charge is 0.504 e. The van der Waals surface area contributed by atoms with Crippen molar-refractivity contribution in [2.24, 2.45) is 0 Å². The predicted octanol–water partition coefficient (Wildman–Crippen LogP) is 3.69. The Morgan fingerprint density at radius 1 is 1.09 bits per heavy atom. The van der Waals surface area contributed by atoms with Crippen LogP contribution in [0.15, 0.2) is 59.0 Å². The van der Waals surface area contributed by atoms with Gasteiger partial charge in [-0.05, 0) is 17.7 Å². The molecule has 0 fully saturated rings. The van der Waals surface area contributed by atoms with E-state index in [1.807, 2.05) is 30.3 Å². The average molecular weight is 309 g/mol. The highest BCUT2D eigenvalue weighted by molar-refractivity contribution is 5.93. The summed E-state index contributed by atoms with van der Waals surface area (Å²) in [5, 5.41) is 10.5. The highest BCUT2D eigenvalue weighted by atomic mass is 16.5. The summed E-state index contributed by atoms with van der Waals surface area (Å²) in [5.41, 5.74) is 7.94. The van der Waals surface area contributed by atoms with Gasteiger partial charge in [0.1, 0.15) is 0 Å². The van der Waals surface area contributed by atoms with Gasteiger partial charge in [-0.25, -0.2) is 4.79 Å². The van der Waals surface area contributed by atoms with Crippen molar-refractivity contribution in [3.05, 3.63) is 60.2 Å². The molecule has 0 aliphatic heterocycles. The molecule has 0 aliphatic rings. The SMILES string of the molecule is COC(=O)c1cccc(-c2c(N)oc(-c3ccccc3)c2O)c1. The van der Waals surface area contributed by atoms with E-state index in [0.29, 0.717) is 28.0 Å². The number of rotatable bonds is 3. The third-order valence-corrected chi connectivity index (χ3v) is 3.52. The van der Waals surface area contributed by atoms with Crippen LogP contribution in [0.5, 0.6) is 5.75 Å². The fourth-order valence-electron chi connectivity index (χ4n) is 2.42. The van der Waals surface area contributed by atoms with Gasteiger partial charge in [-0.15, -0.1) is 0 Å². The Hall–Kier alpha value is -3.21. The summed E-state index contributed by atoms with van der Waals surface area (Å²) in [6, 6.07) is 15.8. The minimum absolute atomic E-state index is 0.0595. The number of hydrogen-bond acceptors (Lipinski definition) is 5. The number of nitrogens with two attached hydrogens (primary N) is 1. The van der Waals surface area contributed by atoms with Gasteiger partial charge in [0.05, 0.1) is 18.2 Å². The van der Waals surface area contributed by atoms with Crippen molar-refractivity contribution in [2.45, 2.75) is 0 Å². The van der Waals surface area contributed by atoms with E-state index < -0.39 is 5.97 Å². The zero-order valence-electron chi connectivity index (χ0n) is 12.4. The highest BCUT2D eigenvalue weighted by Crippen LogP contribution is 2.44. The van der Waals surface area contributed by atoms with Crippen molar-refractivity contribution in [1.82, 2.24) is 0 Å². The number of hydrogen-bond donors (Lipinski definition) is 2. The number of furan rings is 1. The van der Waals surface area contributed by atoms with Gasteiger partial charge >= 0.3 is 5.97 Å². The minimum atomic E-state index is -0.461. The Bertz CT molecular complexity index is 853. The molecule has 0 atom stereocenters. The summed E-state index contributed by atoms with van der Waals surface area (Å²) >= 11 is 0. The van der Waals surface area contributed by atoms with Crippen LogP contribution in [-0.4, -0.2) is 18.2 Å². The maximum absolute atomic E-state index is 11.7. The van der Waals surface area contributed by atoms with Crippen LogP contribution in [0, 0.1) is 0 Å². The first-order chi connectivity index (χ1) is 11.1. The van der Waals surface area contributed by atoms with E-state index in [1.54, 1.807) is 24.3 Å². The Labute approximate surface area is 132 Å². The lowest BCUT2D eigenvalue weighted by Crippen LogP contribution is -2.00. The first-order valence-electron chi connectivity index (χ1n) is 6.97. The molecular weight excluding hydrogens is 294 g/mol. The molecule has 0 saturated carbocycles. The summed E-state index contributed by atoms with van der Waals surface area (Å²) in [6.45, 7) is 0. The van der Waals surface area contributed by atoms with Gasteiger partial charge in [-0.2, -0.15) is 0 Å². The van der Waals surface area contributed by atoms with Crippen LogP contribution in [-0.2, 0) is 4.74 Å². The lowest BCUT2D eigenvalue weighted by atomic mass is 10.0. The van der Waals surface area contributed by atoms with Gasteiger partial charge < -0.3 is 20.0 Å². The van der Waals surface area contributed by atoms with Crippen molar-refractivity contribution in [2.75, 3.05) is 12.8 Å². The first-order valence-corrected chi connectivity index (χ1v) is 6.97. The molecule has 3 aromatic rings. The Morgan fingerprint density at radius 2 is 1.78 bits per heavy atom. The highest BCUT2D eigenvalue weighted by Gasteiger charge is 2.21. The molecule has 3 rings (SSSR count). The second kappa shape index (κ2) is 5.88. The number of ether oxygens (including phenoxy) is 1. The number of nitrogen functional groups attached to an aromatic ring is 1. The Kier molecular flexibility index (Phi) is 3.76. The van der Waals surface area contributed by atoms with E-state index in [4.69, 9.17) is 14.9 Å². The normalized spacial score (nSPS) is 10.5. The van der Waals surface area contributed by atoms with Gasteiger partial charge in [-0.3, -0.25) is 0 Å². The van der Waals surface area contributed by atoms with E-state index in [1.165, 1.54) is 7.11 Å². The van der Waals surface area contributed by atoms with Crippen LogP contribution in [0.1, 0.15) is 10.4 Å².